The zero-order valence-electron chi connectivity index (χ0n) is 26.1. The highest BCUT2D eigenvalue weighted by molar-refractivity contribution is 7.92. The normalized spacial score (nSPS) is 14.3. The summed E-state index contributed by atoms with van der Waals surface area (Å²) in [4.78, 5) is 28.4. The summed E-state index contributed by atoms with van der Waals surface area (Å²) in [6, 6.07) is 19.1. The van der Waals surface area contributed by atoms with Gasteiger partial charge in [-0.15, -0.1) is 0 Å². The van der Waals surface area contributed by atoms with Crippen LogP contribution in [0.4, 0.5) is 15.9 Å². The van der Waals surface area contributed by atoms with Crippen molar-refractivity contribution in [2.45, 2.75) is 4.90 Å². The maximum absolute atomic E-state index is 13.8. The van der Waals surface area contributed by atoms with Crippen LogP contribution in [0.5, 0.6) is 0 Å². The molecule has 16 heteroatoms. The van der Waals surface area contributed by atoms with Crippen LogP contribution in [0.2, 0.25) is 0 Å². The molecule has 1 amide bonds. The van der Waals surface area contributed by atoms with E-state index in [1.807, 2.05) is 0 Å². The number of carbonyl (C=O) groups is 1. The topological polar surface area (TPSA) is 173 Å². The van der Waals surface area contributed by atoms with Gasteiger partial charge >= 0.3 is 0 Å². The minimum atomic E-state index is -4.53. The van der Waals surface area contributed by atoms with Crippen molar-refractivity contribution in [1.82, 2.24) is 14.6 Å². The number of aromatic nitrogens is 1. The Morgan fingerprint density at radius 1 is 0.980 bits per heavy atom. The lowest BCUT2D eigenvalue weighted by molar-refractivity contribution is -0.387. The lowest BCUT2D eigenvalue weighted by Gasteiger charge is -2.31. The molecular weight excluding hydrogens is 678 g/mol. The van der Waals surface area contributed by atoms with Crippen LogP contribution in [0.25, 0.3) is 39.1 Å². The van der Waals surface area contributed by atoms with E-state index in [-0.39, 0.29) is 45.9 Å². The van der Waals surface area contributed by atoms with Crippen LogP contribution >= 0.6 is 0 Å². The second-order valence-electron chi connectivity index (χ2n) is 11.2. The number of carbonyl (C=O) groups excluding carboxylic acids is 1. The first-order chi connectivity index (χ1) is 23.2. The Balaban J connectivity index is 1.56. The second-order valence-corrected chi connectivity index (χ2v) is 15.0. The number of fused-ring (bicyclic) bond motifs is 2. The highest BCUT2D eigenvalue weighted by Crippen LogP contribution is 2.42. The van der Waals surface area contributed by atoms with Crippen molar-refractivity contribution in [2.75, 3.05) is 37.2 Å². The first-order valence-corrected chi connectivity index (χ1v) is 18.0. The number of halogens is 1. The van der Waals surface area contributed by atoms with E-state index < -0.39 is 60.4 Å². The Kier molecular flexibility index (Phi) is 8.56. The molecule has 0 unspecified atom stereocenters. The highest BCUT2D eigenvalue weighted by atomic mass is 32.2. The summed E-state index contributed by atoms with van der Waals surface area (Å²) in [5, 5.41) is 14.5. The highest BCUT2D eigenvalue weighted by Gasteiger charge is 2.36. The van der Waals surface area contributed by atoms with Crippen molar-refractivity contribution in [3.63, 3.8) is 0 Å². The summed E-state index contributed by atoms with van der Waals surface area (Å²) in [6.07, 6.45) is 0.927. The fourth-order valence-corrected chi connectivity index (χ4v) is 8.20. The molecule has 3 aromatic carbocycles. The number of para-hydroxylation sites is 1. The molecule has 1 aliphatic rings. The van der Waals surface area contributed by atoms with E-state index >= 15 is 0 Å². The average molecular weight is 706 g/mol. The molecule has 2 aromatic heterocycles. The van der Waals surface area contributed by atoms with Gasteiger partial charge in [0.15, 0.2) is 16.5 Å². The third-order valence-corrected chi connectivity index (χ3v) is 11.1. The molecule has 1 N–H and O–H groups in total. The van der Waals surface area contributed by atoms with Gasteiger partial charge in [-0.1, -0.05) is 55.1 Å². The smallest absolute Gasteiger partial charge is 0.289 e. The second kappa shape index (κ2) is 12.5. The minimum absolute atomic E-state index is 0.0625. The maximum atomic E-state index is 13.8. The van der Waals surface area contributed by atoms with Crippen LogP contribution in [0.3, 0.4) is 0 Å². The number of rotatable bonds is 7. The number of nitro groups is 1. The van der Waals surface area contributed by atoms with Gasteiger partial charge in [0, 0.05) is 43.9 Å². The molecule has 0 bridgehead atoms. The molecule has 0 spiro atoms. The Morgan fingerprint density at radius 2 is 1.63 bits per heavy atom. The van der Waals surface area contributed by atoms with E-state index in [0.717, 1.165) is 27.0 Å². The Bertz CT molecular complexity index is 2390. The first kappa shape index (κ1) is 33.5. The predicted molar refractivity (Wildman–Crippen MR) is 181 cm³/mol. The summed E-state index contributed by atoms with van der Waals surface area (Å²) in [6.45, 7) is 2.88. The molecule has 1 aliphatic heterocycles. The van der Waals surface area contributed by atoms with Gasteiger partial charge in [-0.3, -0.25) is 19.2 Å². The number of nitrogens with zero attached hydrogens (tertiary/aromatic N) is 4. The van der Waals surface area contributed by atoms with Crippen molar-refractivity contribution in [3.8, 4) is 22.5 Å². The molecule has 0 radical (unpaired) electrons. The number of benzene rings is 3. The fourth-order valence-electron chi connectivity index (χ4n) is 5.75. The van der Waals surface area contributed by atoms with E-state index in [0.29, 0.717) is 16.7 Å². The van der Waals surface area contributed by atoms with Crippen LogP contribution in [-0.2, 0) is 20.0 Å². The maximum Gasteiger partial charge on any atom is 0.289 e. The number of hydrogen-bond acceptors (Lipinski definition) is 9. The zero-order chi connectivity index (χ0) is 35.2. The van der Waals surface area contributed by atoms with Crippen LogP contribution in [0, 0.1) is 15.9 Å². The van der Waals surface area contributed by atoms with Crippen molar-refractivity contribution >= 4 is 54.1 Å². The van der Waals surface area contributed by atoms with E-state index in [9.17, 15) is 36.1 Å². The molecule has 13 nitrogen and oxygen atoms in total. The van der Waals surface area contributed by atoms with Crippen molar-refractivity contribution < 1.29 is 35.4 Å². The molecule has 0 aliphatic carbocycles. The van der Waals surface area contributed by atoms with E-state index in [1.54, 1.807) is 36.4 Å². The summed E-state index contributed by atoms with van der Waals surface area (Å²) in [5.74, 6) is -0.974. The van der Waals surface area contributed by atoms with Gasteiger partial charge in [0.25, 0.3) is 11.6 Å². The van der Waals surface area contributed by atoms with Gasteiger partial charge in [-0.25, -0.2) is 21.2 Å². The Hall–Kier alpha value is -5.45. The lowest BCUT2D eigenvalue weighted by atomic mass is 9.95. The van der Waals surface area contributed by atoms with Crippen molar-refractivity contribution in [1.29, 1.82) is 0 Å². The number of pyridine rings is 1. The zero-order valence-corrected chi connectivity index (χ0v) is 27.7. The van der Waals surface area contributed by atoms with Gasteiger partial charge < -0.3 is 9.73 Å². The molecule has 0 fully saturated rings. The predicted octanol–water partition coefficient (Wildman–Crippen LogP) is 5.05. The molecule has 49 heavy (non-hydrogen) atoms. The van der Waals surface area contributed by atoms with Crippen LogP contribution < -0.4 is 9.62 Å². The Morgan fingerprint density at radius 3 is 2.29 bits per heavy atom. The summed E-state index contributed by atoms with van der Waals surface area (Å²) >= 11 is 0. The van der Waals surface area contributed by atoms with Crippen molar-refractivity contribution in [3.05, 3.63) is 113 Å². The molecular formula is C33H28FN5O8S2. The fraction of sp³-hybridized carbons (Fsp3) is 0.152. The van der Waals surface area contributed by atoms with Gasteiger partial charge in [0.1, 0.15) is 5.82 Å². The third-order valence-electron chi connectivity index (χ3n) is 8.06. The van der Waals surface area contributed by atoms with Crippen LogP contribution in [0.15, 0.2) is 94.8 Å². The number of nitro benzene ring substituents is 1. The van der Waals surface area contributed by atoms with Gasteiger partial charge in [-0.05, 0) is 41.0 Å². The van der Waals surface area contributed by atoms with Gasteiger partial charge in [0.2, 0.25) is 25.8 Å². The number of hydrogen-bond donors (Lipinski definition) is 1. The standard InChI is InChI=1S/C33H28FN5O8S2/c1-20-19-37(49(45,46)28-11-7-6-10-27(28)39(41)42)16-17-38(48(3,43)44)31-25(20)18-26-29(32(40)35-2)30(47-33(26)36-31)24-9-5-4-8-23(24)21-12-14-22(34)15-13-21/h4-15,18H,1,16-17,19H2,2-3H3,(H,35,40). The summed E-state index contributed by atoms with van der Waals surface area (Å²) in [5.41, 5.74) is 1.29. The summed E-state index contributed by atoms with van der Waals surface area (Å²) in [7, 11) is -7.21. The number of amides is 1. The molecule has 0 atom stereocenters. The first-order valence-electron chi connectivity index (χ1n) is 14.7. The van der Waals surface area contributed by atoms with E-state index in [2.05, 4.69) is 16.9 Å². The monoisotopic (exact) mass is 705 g/mol. The van der Waals surface area contributed by atoms with Crippen molar-refractivity contribution in [2.24, 2.45) is 0 Å². The third kappa shape index (κ3) is 6.05. The number of furan rings is 1. The molecule has 0 saturated carbocycles. The molecule has 3 heterocycles. The number of nitrogens with one attached hydrogen (secondary N) is 1. The average Bonchev–Trinajstić information content (AvgIpc) is 3.44. The number of anilines is 1. The summed E-state index contributed by atoms with van der Waals surface area (Å²) < 4.78 is 75.8. The molecule has 6 rings (SSSR count). The largest absolute Gasteiger partial charge is 0.437 e. The van der Waals surface area contributed by atoms with Crippen LogP contribution in [-0.4, -0.2) is 69.9 Å². The molecule has 5 aromatic rings. The SMILES string of the molecule is C=C1CN(S(=O)(=O)c2ccccc2[N+](=O)[O-])CCN(S(C)(=O)=O)c2nc3oc(-c4ccccc4-c4ccc(F)cc4)c(C(=O)NC)c3cc21. The quantitative estimate of drug-likeness (QED) is 0.180. The van der Waals surface area contributed by atoms with Gasteiger partial charge in [-0.2, -0.15) is 9.29 Å². The Labute approximate surface area is 280 Å². The number of sulfonamides is 2. The lowest BCUT2D eigenvalue weighted by Crippen LogP contribution is -2.44. The minimum Gasteiger partial charge on any atom is -0.437 e. The van der Waals surface area contributed by atoms with Gasteiger partial charge in [0.05, 0.1) is 22.1 Å². The van der Waals surface area contributed by atoms with Crippen LogP contribution in [0.1, 0.15) is 15.9 Å². The molecule has 252 valence electrons. The van der Waals surface area contributed by atoms with E-state index in [4.69, 9.17) is 4.42 Å². The molecule has 0 saturated heterocycles. The van der Waals surface area contributed by atoms with E-state index in [1.165, 1.54) is 37.4 Å².